The number of carbonyl (C=O) groups is 1. The molecule has 0 aliphatic heterocycles. The first kappa shape index (κ1) is 18.7. The van der Waals surface area contributed by atoms with Gasteiger partial charge in [-0.1, -0.05) is 6.07 Å². The average molecular weight is 398 g/mol. The predicted octanol–water partition coefficient (Wildman–Crippen LogP) is 4.06. The van der Waals surface area contributed by atoms with Crippen molar-refractivity contribution in [2.75, 3.05) is 14.2 Å². The molecule has 0 aliphatic rings. The topological polar surface area (TPSA) is 48.7 Å². The second kappa shape index (κ2) is 8.45. The van der Waals surface area contributed by atoms with Crippen molar-refractivity contribution in [2.24, 2.45) is 0 Å². The van der Waals surface area contributed by atoms with Gasteiger partial charge in [-0.15, -0.1) is 12.1 Å². The summed E-state index contributed by atoms with van der Waals surface area (Å²) in [6.07, 6.45) is 2.68. The quantitative estimate of drug-likeness (QED) is 0.464. The number of rotatable bonds is 6. The molecule has 0 unspecified atom stereocenters. The van der Waals surface area contributed by atoms with Crippen molar-refractivity contribution >= 4 is 16.8 Å². The van der Waals surface area contributed by atoms with Gasteiger partial charge in [0.1, 0.15) is 11.4 Å². The zero-order valence-corrected chi connectivity index (χ0v) is 16.5. The molecule has 0 atom stereocenters. The molecular formula is C19H17O4Y+2. The number of carbonyl (C=O) groups excluding carboxylic acids is 1. The maximum Gasteiger partial charge on any atom is 3.00 e. The maximum atomic E-state index is 12.6. The van der Waals surface area contributed by atoms with Crippen molar-refractivity contribution in [3.63, 3.8) is 0 Å². The van der Waals surface area contributed by atoms with Gasteiger partial charge in [0.05, 0.1) is 20.5 Å². The van der Waals surface area contributed by atoms with Crippen LogP contribution in [-0.4, -0.2) is 20.0 Å². The van der Waals surface area contributed by atoms with Crippen LogP contribution in [0.5, 0.6) is 11.5 Å². The summed E-state index contributed by atoms with van der Waals surface area (Å²) in [6.45, 7) is 0. The molecule has 0 saturated heterocycles. The Hall–Kier alpha value is -1.65. The van der Waals surface area contributed by atoms with E-state index in [1.807, 2.05) is 24.3 Å². The van der Waals surface area contributed by atoms with Gasteiger partial charge >= 0.3 is 32.7 Å². The molecule has 0 aliphatic carbocycles. The standard InChI is InChI=1S/C19H17O4.Y/c1-21-17-4-3-5-18(22-2)19(17)15(20)8-6-13-7-9-16-14(12-13)10-11-23-16;/h4-5,7,9-12H,6,8H2,1-2H3;/q-1;+3. The number of hydrogen-bond acceptors (Lipinski definition) is 4. The largest absolute Gasteiger partial charge is 3.00 e. The minimum absolute atomic E-state index is 0. The normalized spacial score (nSPS) is 10.2. The summed E-state index contributed by atoms with van der Waals surface area (Å²) in [5, 5.41) is 1.04. The number of furan rings is 1. The average Bonchev–Trinajstić information content (AvgIpc) is 3.06. The van der Waals surface area contributed by atoms with E-state index in [0.717, 1.165) is 16.5 Å². The molecule has 118 valence electrons. The summed E-state index contributed by atoms with van der Waals surface area (Å²) in [7, 11) is 3.07. The number of ketones is 1. The number of ether oxygens (including phenoxy) is 2. The second-order valence-corrected chi connectivity index (χ2v) is 5.18. The summed E-state index contributed by atoms with van der Waals surface area (Å²) in [5.41, 5.74) is 2.41. The van der Waals surface area contributed by atoms with Gasteiger partial charge < -0.3 is 13.9 Å². The third kappa shape index (κ3) is 3.88. The van der Waals surface area contributed by atoms with Crippen LogP contribution in [0.4, 0.5) is 0 Å². The second-order valence-electron chi connectivity index (χ2n) is 5.18. The van der Waals surface area contributed by atoms with Crippen molar-refractivity contribution in [2.45, 2.75) is 12.8 Å². The number of fused-ring (bicyclic) bond motifs is 1. The van der Waals surface area contributed by atoms with Crippen LogP contribution in [0.1, 0.15) is 22.3 Å². The number of benzene rings is 2. The Bertz CT molecular complexity index is 816. The third-order valence-electron chi connectivity index (χ3n) is 3.80. The Labute approximate surface area is 166 Å². The van der Waals surface area contributed by atoms with Crippen LogP contribution in [0.15, 0.2) is 47.1 Å². The van der Waals surface area contributed by atoms with Gasteiger partial charge in [0.25, 0.3) is 0 Å². The Kier molecular flexibility index (Phi) is 6.58. The van der Waals surface area contributed by atoms with E-state index in [1.165, 1.54) is 14.2 Å². The first-order chi connectivity index (χ1) is 11.2. The van der Waals surface area contributed by atoms with Crippen LogP contribution in [0.25, 0.3) is 11.0 Å². The Morgan fingerprint density at radius 2 is 1.83 bits per heavy atom. The third-order valence-corrected chi connectivity index (χ3v) is 3.80. The first-order valence-electron chi connectivity index (χ1n) is 7.34. The molecule has 3 aromatic rings. The summed E-state index contributed by atoms with van der Waals surface area (Å²) < 4.78 is 15.9. The molecule has 1 heterocycles. The smallest absolute Gasteiger partial charge is 0.553 e. The van der Waals surface area contributed by atoms with Crippen molar-refractivity contribution in [3.8, 4) is 11.5 Å². The fourth-order valence-electron chi connectivity index (χ4n) is 2.61. The molecule has 0 bridgehead atoms. The van der Waals surface area contributed by atoms with Crippen LogP contribution in [0.2, 0.25) is 0 Å². The van der Waals surface area contributed by atoms with E-state index < -0.39 is 0 Å². The summed E-state index contributed by atoms with van der Waals surface area (Å²) >= 11 is 0. The first-order valence-corrected chi connectivity index (χ1v) is 7.34. The van der Waals surface area contributed by atoms with Gasteiger partial charge in [-0.3, -0.25) is 4.79 Å². The molecule has 1 aromatic heterocycles. The van der Waals surface area contributed by atoms with Gasteiger partial charge in [-0.2, -0.15) is 6.07 Å². The number of Topliss-reactive ketones (excluding diaryl/α,β-unsaturated/α-hetero) is 1. The molecule has 0 radical (unpaired) electrons. The molecule has 0 fully saturated rings. The molecule has 4 nitrogen and oxygen atoms in total. The van der Waals surface area contributed by atoms with Gasteiger partial charge in [-0.25, -0.2) is 0 Å². The molecule has 24 heavy (non-hydrogen) atoms. The van der Waals surface area contributed by atoms with Crippen LogP contribution < -0.4 is 9.47 Å². The molecular weight excluding hydrogens is 381 g/mol. The van der Waals surface area contributed by atoms with Gasteiger partial charge in [0.15, 0.2) is 0 Å². The zero-order chi connectivity index (χ0) is 16.2. The van der Waals surface area contributed by atoms with E-state index in [2.05, 4.69) is 6.07 Å². The van der Waals surface area contributed by atoms with Gasteiger partial charge in [0.2, 0.25) is 0 Å². The predicted molar refractivity (Wildman–Crippen MR) is 87.2 cm³/mol. The Balaban J connectivity index is 0.00000208. The molecule has 0 N–H and O–H groups in total. The van der Waals surface area contributed by atoms with Crippen LogP contribution in [-0.2, 0) is 39.1 Å². The number of hydrogen-bond donors (Lipinski definition) is 0. The van der Waals surface area contributed by atoms with E-state index in [9.17, 15) is 4.79 Å². The fraction of sp³-hybridized carbons (Fsp3) is 0.211. The van der Waals surface area contributed by atoms with Crippen molar-refractivity contribution in [3.05, 3.63) is 59.9 Å². The summed E-state index contributed by atoms with van der Waals surface area (Å²) in [4.78, 5) is 12.6. The minimum Gasteiger partial charge on any atom is -0.553 e. The Morgan fingerprint density at radius 1 is 1.12 bits per heavy atom. The minimum atomic E-state index is -0.0139. The van der Waals surface area contributed by atoms with Crippen LogP contribution in [0.3, 0.4) is 0 Å². The number of methoxy groups -OCH3 is 2. The maximum absolute atomic E-state index is 12.6. The van der Waals surface area contributed by atoms with Gasteiger partial charge in [0, 0.05) is 23.3 Å². The van der Waals surface area contributed by atoms with Crippen LogP contribution >= 0.6 is 0 Å². The zero-order valence-electron chi connectivity index (χ0n) is 13.7. The number of aryl methyl sites for hydroxylation is 1. The monoisotopic (exact) mass is 398 g/mol. The van der Waals surface area contributed by atoms with Gasteiger partial charge in [-0.05, 0) is 35.7 Å². The van der Waals surface area contributed by atoms with E-state index >= 15 is 0 Å². The van der Waals surface area contributed by atoms with Crippen molar-refractivity contribution in [1.29, 1.82) is 0 Å². The molecule has 0 saturated carbocycles. The van der Waals surface area contributed by atoms with Crippen molar-refractivity contribution < 1.29 is 51.4 Å². The summed E-state index contributed by atoms with van der Waals surface area (Å²) in [6, 6.07) is 14.1. The van der Waals surface area contributed by atoms with Crippen molar-refractivity contribution in [1.82, 2.24) is 0 Å². The van der Waals surface area contributed by atoms with E-state index in [-0.39, 0.29) is 38.5 Å². The van der Waals surface area contributed by atoms with E-state index in [1.54, 1.807) is 18.4 Å². The summed E-state index contributed by atoms with van der Waals surface area (Å²) in [5.74, 6) is 0.958. The molecule has 0 amide bonds. The van der Waals surface area contributed by atoms with E-state index in [4.69, 9.17) is 13.9 Å². The van der Waals surface area contributed by atoms with E-state index in [0.29, 0.717) is 29.9 Å². The molecule has 0 spiro atoms. The molecule has 2 aromatic carbocycles. The molecule has 5 heteroatoms. The molecule has 3 rings (SSSR count). The Morgan fingerprint density at radius 3 is 2.50 bits per heavy atom. The fourth-order valence-corrected chi connectivity index (χ4v) is 2.61. The van der Waals surface area contributed by atoms with Crippen LogP contribution in [0, 0.1) is 6.07 Å². The SMILES string of the molecule is COc1c[c-]cc(OC)c1C(=O)CCc1ccc2occc2c1.[Y+3].